The van der Waals surface area contributed by atoms with Crippen molar-refractivity contribution in [3.63, 3.8) is 0 Å². The first kappa shape index (κ1) is 23.3. The Bertz CT molecular complexity index is 1010. The zero-order valence-corrected chi connectivity index (χ0v) is 17.7. The van der Waals surface area contributed by atoms with E-state index in [1.165, 1.54) is 4.90 Å². The summed E-state index contributed by atoms with van der Waals surface area (Å²) in [5.41, 5.74) is 0.534. The van der Waals surface area contributed by atoms with E-state index in [4.69, 9.17) is 0 Å². The van der Waals surface area contributed by atoms with E-state index in [0.717, 1.165) is 18.9 Å². The molecule has 0 radical (unpaired) electrons. The molecule has 3 rings (SSSR count). The second-order valence-electron chi connectivity index (χ2n) is 7.55. The summed E-state index contributed by atoms with van der Waals surface area (Å²) >= 11 is 0. The van der Waals surface area contributed by atoms with Crippen molar-refractivity contribution in [1.82, 2.24) is 4.90 Å². The maximum absolute atomic E-state index is 13.8. The molecule has 1 heterocycles. The molecule has 1 aliphatic rings. The first-order chi connectivity index (χ1) is 15.3. The quantitative estimate of drug-likeness (QED) is 0.650. The second-order valence-corrected chi connectivity index (χ2v) is 7.55. The topological polar surface area (TPSA) is 69.7 Å². The van der Waals surface area contributed by atoms with E-state index in [0.29, 0.717) is 36.7 Å². The molecule has 1 aliphatic heterocycles. The SMILES string of the molecule is CCCN(CC(=O)Nc1ccc(F)c(F)c1F)C(=O)c1ccc(N2CCCCC2=O)cc1. The van der Waals surface area contributed by atoms with E-state index >= 15 is 0 Å². The van der Waals surface area contributed by atoms with Gasteiger partial charge in [-0.25, -0.2) is 13.2 Å². The summed E-state index contributed by atoms with van der Waals surface area (Å²) in [5.74, 6) is -5.66. The molecule has 0 spiro atoms. The maximum Gasteiger partial charge on any atom is 0.254 e. The lowest BCUT2D eigenvalue weighted by Crippen LogP contribution is -2.38. The molecule has 6 nitrogen and oxygen atoms in total. The number of carbonyl (C=O) groups is 3. The van der Waals surface area contributed by atoms with Crippen molar-refractivity contribution in [3.8, 4) is 0 Å². The number of nitrogens with zero attached hydrogens (tertiary/aromatic N) is 2. The Morgan fingerprint density at radius 1 is 1.03 bits per heavy atom. The van der Waals surface area contributed by atoms with Gasteiger partial charge < -0.3 is 15.1 Å². The predicted octanol–water partition coefficient (Wildman–Crippen LogP) is 4.11. The summed E-state index contributed by atoms with van der Waals surface area (Å²) in [6.07, 6.45) is 2.86. The Hall–Kier alpha value is -3.36. The Labute approximate surface area is 184 Å². The monoisotopic (exact) mass is 447 g/mol. The van der Waals surface area contributed by atoms with Crippen molar-refractivity contribution in [2.45, 2.75) is 32.6 Å². The molecule has 1 N–H and O–H groups in total. The predicted molar refractivity (Wildman–Crippen MR) is 114 cm³/mol. The molecule has 2 aromatic rings. The summed E-state index contributed by atoms with van der Waals surface area (Å²) in [4.78, 5) is 40.3. The number of amides is 3. The molecule has 0 unspecified atom stereocenters. The molecule has 3 amide bonds. The van der Waals surface area contributed by atoms with Crippen molar-refractivity contribution in [2.75, 3.05) is 29.9 Å². The fraction of sp³-hybridized carbons (Fsp3) is 0.348. The van der Waals surface area contributed by atoms with Crippen LogP contribution in [0.3, 0.4) is 0 Å². The molecule has 0 saturated carbocycles. The highest BCUT2D eigenvalue weighted by molar-refractivity contribution is 6.00. The number of anilines is 2. The summed E-state index contributed by atoms with van der Waals surface area (Å²) in [6, 6.07) is 8.19. The van der Waals surface area contributed by atoms with Crippen molar-refractivity contribution in [3.05, 3.63) is 59.4 Å². The van der Waals surface area contributed by atoms with E-state index in [2.05, 4.69) is 5.32 Å². The van der Waals surface area contributed by atoms with E-state index in [-0.39, 0.29) is 12.5 Å². The van der Waals surface area contributed by atoms with Crippen LogP contribution in [0.5, 0.6) is 0 Å². The van der Waals surface area contributed by atoms with Gasteiger partial charge in [-0.15, -0.1) is 0 Å². The number of carbonyl (C=O) groups excluding carboxylic acids is 3. The third kappa shape index (κ3) is 5.27. The van der Waals surface area contributed by atoms with Gasteiger partial charge in [0.2, 0.25) is 11.8 Å². The summed E-state index contributed by atoms with van der Waals surface area (Å²) in [6.45, 7) is 2.34. The van der Waals surface area contributed by atoms with Crippen LogP contribution in [0.2, 0.25) is 0 Å². The van der Waals surface area contributed by atoms with Gasteiger partial charge in [-0.2, -0.15) is 0 Å². The highest BCUT2D eigenvalue weighted by Crippen LogP contribution is 2.22. The molecule has 32 heavy (non-hydrogen) atoms. The Kier molecular flexibility index (Phi) is 7.50. The number of hydrogen-bond donors (Lipinski definition) is 1. The second kappa shape index (κ2) is 10.3. The lowest BCUT2D eigenvalue weighted by Gasteiger charge is -2.27. The minimum Gasteiger partial charge on any atom is -0.329 e. The zero-order valence-electron chi connectivity index (χ0n) is 17.7. The van der Waals surface area contributed by atoms with Gasteiger partial charge in [0.25, 0.3) is 5.91 Å². The van der Waals surface area contributed by atoms with Gasteiger partial charge in [-0.1, -0.05) is 6.92 Å². The largest absolute Gasteiger partial charge is 0.329 e. The van der Waals surface area contributed by atoms with Crippen LogP contribution in [0.25, 0.3) is 0 Å². The third-order valence-corrected chi connectivity index (χ3v) is 5.17. The molecule has 170 valence electrons. The van der Waals surface area contributed by atoms with Gasteiger partial charge in [-0.3, -0.25) is 14.4 Å². The highest BCUT2D eigenvalue weighted by Gasteiger charge is 2.22. The molecule has 0 bridgehead atoms. The van der Waals surface area contributed by atoms with E-state index < -0.39 is 41.5 Å². The minimum atomic E-state index is -1.68. The van der Waals surface area contributed by atoms with Gasteiger partial charge >= 0.3 is 0 Å². The smallest absolute Gasteiger partial charge is 0.254 e. The molecular formula is C23H24F3N3O3. The highest BCUT2D eigenvalue weighted by atomic mass is 19.2. The first-order valence-electron chi connectivity index (χ1n) is 10.4. The number of halogens is 3. The summed E-state index contributed by atoms with van der Waals surface area (Å²) in [7, 11) is 0. The standard InChI is InChI=1S/C23H24F3N3O3/c1-2-12-28(14-19(30)27-18-11-10-17(24)21(25)22(18)26)23(32)15-6-8-16(9-7-15)29-13-4-3-5-20(29)31/h6-11H,2-5,12-14H2,1H3,(H,27,30). The van der Waals surface area contributed by atoms with Crippen LogP contribution in [0.15, 0.2) is 36.4 Å². The van der Waals surface area contributed by atoms with Crippen LogP contribution < -0.4 is 10.2 Å². The average Bonchev–Trinajstić information content (AvgIpc) is 2.79. The number of nitrogens with one attached hydrogen (secondary N) is 1. The van der Waals surface area contributed by atoms with Crippen molar-refractivity contribution in [2.24, 2.45) is 0 Å². The normalized spacial score (nSPS) is 13.8. The van der Waals surface area contributed by atoms with E-state index in [1.807, 2.05) is 6.92 Å². The molecule has 1 fully saturated rings. The van der Waals surface area contributed by atoms with Crippen LogP contribution in [0.4, 0.5) is 24.5 Å². The van der Waals surface area contributed by atoms with Crippen molar-refractivity contribution >= 4 is 29.1 Å². The van der Waals surface area contributed by atoms with Gasteiger partial charge in [0.15, 0.2) is 17.5 Å². The van der Waals surface area contributed by atoms with Crippen molar-refractivity contribution in [1.29, 1.82) is 0 Å². The number of benzene rings is 2. The Morgan fingerprint density at radius 2 is 1.75 bits per heavy atom. The third-order valence-electron chi connectivity index (χ3n) is 5.17. The number of hydrogen-bond acceptors (Lipinski definition) is 3. The van der Waals surface area contributed by atoms with E-state index in [9.17, 15) is 27.6 Å². The van der Waals surface area contributed by atoms with Crippen LogP contribution in [0, 0.1) is 17.5 Å². The van der Waals surface area contributed by atoms with Crippen molar-refractivity contribution < 1.29 is 27.6 Å². The summed E-state index contributed by atoms with van der Waals surface area (Å²) in [5, 5.41) is 2.17. The number of rotatable bonds is 7. The first-order valence-corrected chi connectivity index (χ1v) is 10.4. The molecule has 9 heteroatoms. The molecular weight excluding hydrogens is 423 g/mol. The summed E-state index contributed by atoms with van der Waals surface area (Å²) < 4.78 is 40.3. The van der Waals surface area contributed by atoms with Crippen LogP contribution >= 0.6 is 0 Å². The molecule has 2 aromatic carbocycles. The zero-order chi connectivity index (χ0) is 23.3. The van der Waals surface area contributed by atoms with Gasteiger partial charge in [0.05, 0.1) is 5.69 Å². The van der Waals surface area contributed by atoms with Gasteiger partial charge in [0, 0.05) is 30.8 Å². The molecule has 0 aromatic heterocycles. The Morgan fingerprint density at radius 3 is 2.41 bits per heavy atom. The average molecular weight is 447 g/mol. The molecule has 0 atom stereocenters. The van der Waals surface area contributed by atoms with Crippen LogP contribution in [-0.2, 0) is 9.59 Å². The number of piperidine rings is 1. The fourth-order valence-electron chi connectivity index (χ4n) is 3.55. The fourth-order valence-corrected chi connectivity index (χ4v) is 3.55. The van der Waals surface area contributed by atoms with Gasteiger partial charge in [-0.05, 0) is 55.7 Å². The molecule has 0 aliphatic carbocycles. The lowest BCUT2D eigenvalue weighted by atomic mass is 10.1. The van der Waals surface area contributed by atoms with Gasteiger partial charge in [0.1, 0.15) is 6.54 Å². The lowest BCUT2D eigenvalue weighted by molar-refractivity contribution is -0.119. The Balaban J connectivity index is 1.69. The minimum absolute atomic E-state index is 0.0454. The van der Waals surface area contributed by atoms with E-state index in [1.54, 1.807) is 29.2 Å². The van der Waals surface area contributed by atoms with Crippen LogP contribution in [-0.4, -0.2) is 42.3 Å². The maximum atomic E-state index is 13.8. The molecule has 1 saturated heterocycles. The van der Waals surface area contributed by atoms with Crippen LogP contribution in [0.1, 0.15) is 43.0 Å².